The Morgan fingerprint density at radius 3 is 2.39 bits per heavy atom. The molecular weight excluding hydrogens is 249 g/mol. The third-order valence-corrected chi connectivity index (χ3v) is 2.20. The maximum atomic E-state index is 13.3. The number of carbonyl (C=O) groups excluding carboxylic acids is 1. The highest BCUT2D eigenvalue weighted by Gasteiger charge is 2.17. The molecule has 2 rings (SSSR count). The third-order valence-electron chi connectivity index (χ3n) is 2.20. The van der Waals surface area contributed by atoms with Crippen molar-refractivity contribution in [3.63, 3.8) is 0 Å². The molecule has 0 fully saturated rings. The van der Waals surface area contributed by atoms with Gasteiger partial charge in [-0.05, 0) is 0 Å². The van der Waals surface area contributed by atoms with Crippen molar-refractivity contribution in [1.82, 2.24) is 14.8 Å². The zero-order valence-electron chi connectivity index (χ0n) is 8.90. The summed E-state index contributed by atoms with van der Waals surface area (Å²) >= 11 is 0. The van der Waals surface area contributed by atoms with E-state index in [4.69, 9.17) is 5.73 Å². The van der Waals surface area contributed by atoms with E-state index >= 15 is 0 Å². The number of carbonyl (C=O) groups is 1. The molecule has 0 aliphatic rings. The van der Waals surface area contributed by atoms with Crippen molar-refractivity contribution in [1.29, 1.82) is 0 Å². The van der Waals surface area contributed by atoms with Crippen molar-refractivity contribution in [3.8, 4) is 0 Å². The predicted molar refractivity (Wildman–Crippen MR) is 55.1 cm³/mol. The minimum Gasteiger partial charge on any atom is -0.366 e. The third kappa shape index (κ3) is 2.31. The standard InChI is InChI=1S/C10H7F3N4O/c11-5-1-7(12)6(8(13)2-5)3-9(18)17-4-15-10(14)16-17/h1-2,4H,3H2,(H2,14,16). The van der Waals surface area contributed by atoms with Crippen molar-refractivity contribution < 1.29 is 18.0 Å². The first-order chi connectivity index (χ1) is 8.47. The molecule has 1 heterocycles. The quantitative estimate of drug-likeness (QED) is 0.875. The average Bonchev–Trinajstić information content (AvgIpc) is 2.70. The van der Waals surface area contributed by atoms with Gasteiger partial charge < -0.3 is 5.73 Å². The molecule has 2 aromatic rings. The second kappa shape index (κ2) is 4.47. The van der Waals surface area contributed by atoms with Crippen molar-refractivity contribution in [2.45, 2.75) is 6.42 Å². The van der Waals surface area contributed by atoms with Crippen LogP contribution >= 0.6 is 0 Å². The van der Waals surface area contributed by atoms with Gasteiger partial charge in [0.05, 0.1) is 6.42 Å². The smallest absolute Gasteiger partial charge is 0.253 e. The summed E-state index contributed by atoms with van der Waals surface area (Å²) in [4.78, 5) is 15.1. The van der Waals surface area contributed by atoms with Gasteiger partial charge in [0.25, 0.3) is 5.91 Å². The number of hydrogen-bond donors (Lipinski definition) is 1. The van der Waals surface area contributed by atoms with Crippen LogP contribution in [-0.2, 0) is 6.42 Å². The van der Waals surface area contributed by atoms with E-state index in [0.29, 0.717) is 12.1 Å². The molecule has 0 atom stereocenters. The number of hydrogen-bond acceptors (Lipinski definition) is 4. The molecule has 0 aliphatic carbocycles. The van der Waals surface area contributed by atoms with Crippen LogP contribution in [0.4, 0.5) is 19.1 Å². The molecule has 0 radical (unpaired) electrons. The largest absolute Gasteiger partial charge is 0.366 e. The molecule has 1 aromatic carbocycles. The van der Waals surface area contributed by atoms with Gasteiger partial charge in [0.1, 0.15) is 23.8 Å². The van der Waals surface area contributed by atoms with Crippen LogP contribution in [0.1, 0.15) is 10.4 Å². The maximum absolute atomic E-state index is 13.3. The Morgan fingerprint density at radius 1 is 1.28 bits per heavy atom. The molecule has 94 valence electrons. The van der Waals surface area contributed by atoms with E-state index in [0.717, 1.165) is 11.0 Å². The van der Waals surface area contributed by atoms with Gasteiger partial charge in [-0.25, -0.2) is 18.2 Å². The minimum atomic E-state index is -1.13. The van der Waals surface area contributed by atoms with E-state index < -0.39 is 35.3 Å². The van der Waals surface area contributed by atoms with Gasteiger partial charge in [-0.3, -0.25) is 4.79 Å². The van der Waals surface area contributed by atoms with E-state index in [9.17, 15) is 18.0 Å². The van der Waals surface area contributed by atoms with Gasteiger partial charge in [0, 0.05) is 17.7 Å². The van der Waals surface area contributed by atoms with Gasteiger partial charge in [-0.15, -0.1) is 5.10 Å². The Morgan fingerprint density at radius 2 is 1.89 bits per heavy atom. The van der Waals surface area contributed by atoms with Gasteiger partial charge in [0.15, 0.2) is 0 Å². The summed E-state index contributed by atoms with van der Waals surface area (Å²) < 4.78 is 40.0. The van der Waals surface area contributed by atoms with Crippen LogP contribution in [0.5, 0.6) is 0 Å². The molecule has 8 heteroatoms. The second-order valence-electron chi connectivity index (χ2n) is 3.47. The zero-order valence-corrected chi connectivity index (χ0v) is 8.90. The van der Waals surface area contributed by atoms with E-state index in [-0.39, 0.29) is 5.95 Å². The van der Waals surface area contributed by atoms with Crippen LogP contribution in [0.2, 0.25) is 0 Å². The predicted octanol–water partition coefficient (Wildman–Crippen LogP) is 1.16. The number of anilines is 1. The molecule has 5 nitrogen and oxygen atoms in total. The average molecular weight is 256 g/mol. The minimum absolute atomic E-state index is 0.136. The summed E-state index contributed by atoms with van der Waals surface area (Å²) in [5.74, 6) is -4.18. The number of nitrogens with two attached hydrogens (primary N) is 1. The van der Waals surface area contributed by atoms with Crippen LogP contribution in [0, 0.1) is 17.5 Å². The number of nitrogen functional groups attached to an aromatic ring is 1. The lowest BCUT2D eigenvalue weighted by Crippen LogP contribution is -2.16. The molecule has 0 saturated heterocycles. The summed E-state index contributed by atoms with van der Waals surface area (Å²) in [5.41, 5.74) is 4.66. The lowest BCUT2D eigenvalue weighted by Gasteiger charge is -2.04. The van der Waals surface area contributed by atoms with E-state index in [2.05, 4.69) is 10.1 Å². The van der Waals surface area contributed by atoms with Crippen molar-refractivity contribution in [2.24, 2.45) is 0 Å². The first kappa shape index (κ1) is 12.1. The number of rotatable bonds is 2. The van der Waals surface area contributed by atoms with Crippen molar-refractivity contribution in [3.05, 3.63) is 41.5 Å². The maximum Gasteiger partial charge on any atom is 0.253 e. The van der Waals surface area contributed by atoms with Gasteiger partial charge in [-0.2, -0.15) is 4.68 Å². The van der Waals surface area contributed by atoms with Crippen molar-refractivity contribution >= 4 is 11.9 Å². The van der Waals surface area contributed by atoms with E-state index in [1.54, 1.807) is 0 Å². The lowest BCUT2D eigenvalue weighted by molar-refractivity contribution is 0.0895. The fourth-order valence-corrected chi connectivity index (χ4v) is 1.37. The Bertz CT molecular complexity index is 588. The van der Waals surface area contributed by atoms with Crippen LogP contribution in [0.3, 0.4) is 0 Å². The molecule has 0 spiro atoms. The molecule has 0 unspecified atom stereocenters. The highest BCUT2D eigenvalue weighted by atomic mass is 19.1. The fraction of sp³-hybridized carbons (Fsp3) is 0.100. The molecule has 2 N–H and O–H groups in total. The first-order valence-electron chi connectivity index (χ1n) is 4.81. The first-order valence-corrected chi connectivity index (χ1v) is 4.81. The Labute approximate surface area is 99.0 Å². The molecule has 0 saturated carbocycles. The van der Waals surface area contributed by atoms with E-state index in [1.165, 1.54) is 0 Å². The molecule has 0 aliphatic heterocycles. The van der Waals surface area contributed by atoms with Crippen LogP contribution in [-0.4, -0.2) is 20.7 Å². The number of halogens is 3. The van der Waals surface area contributed by atoms with E-state index in [1.807, 2.05) is 0 Å². The molecule has 0 amide bonds. The Kier molecular flexibility index (Phi) is 3.00. The molecular formula is C10H7F3N4O. The summed E-state index contributed by atoms with van der Waals surface area (Å²) in [5, 5.41) is 3.50. The normalized spacial score (nSPS) is 10.6. The zero-order chi connectivity index (χ0) is 13.3. The number of nitrogens with zero attached hydrogens (tertiary/aromatic N) is 3. The van der Waals surface area contributed by atoms with Crippen LogP contribution in [0.15, 0.2) is 18.5 Å². The fourth-order valence-electron chi connectivity index (χ4n) is 1.37. The summed E-state index contributed by atoms with van der Waals surface area (Å²) in [6.45, 7) is 0. The monoisotopic (exact) mass is 256 g/mol. The van der Waals surface area contributed by atoms with Crippen molar-refractivity contribution in [2.75, 3.05) is 5.73 Å². The second-order valence-corrected chi connectivity index (χ2v) is 3.47. The van der Waals surface area contributed by atoms with Gasteiger partial charge >= 0.3 is 0 Å². The topological polar surface area (TPSA) is 73.8 Å². The van der Waals surface area contributed by atoms with Crippen LogP contribution < -0.4 is 5.73 Å². The molecule has 1 aromatic heterocycles. The van der Waals surface area contributed by atoms with Gasteiger partial charge in [-0.1, -0.05) is 0 Å². The summed E-state index contributed by atoms with van der Waals surface area (Å²) in [7, 11) is 0. The molecule has 18 heavy (non-hydrogen) atoms. The molecule has 0 bridgehead atoms. The summed E-state index contributed by atoms with van der Waals surface area (Å²) in [6, 6.07) is 1.00. The number of aromatic nitrogens is 3. The Hall–Kier alpha value is -2.38. The van der Waals surface area contributed by atoms with Gasteiger partial charge in [0.2, 0.25) is 5.95 Å². The highest BCUT2D eigenvalue weighted by Crippen LogP contribution is 2.15. The summed E-state index contributed by atoms with van der Waals surface area (Å²) in [6.07, 6.45) is 0.414. The number of benzene rings is 1. The lowest BCUT2D eigenvalue weighted by atomic mass is 10.1. The highest BCUT2D eigenvalue weighted by molar-refractivity contribution is 5.80. The van der Waals surface area contributed by atoms with Crippen LogP contribution in [0.25, 0.3) is 0 Å². The Balaban J connectivity index is 2.27. The SMILES string of the molecule is Nc1ncn(C(=O)Cc2c(F)cc(F)cc2F)n1.